The Morgan fingerprint density at radius 2 is 1.74 bits per heavy atom. The van der Waals surface area contributed by atoms with E-state index < -0.39 is 33.5 Å². The predicted molar refractivity (Wildman–Crippen MR) is 129 cm³/mol. The number of sulfonamides is 1. The van der Waals surface area contributed by atoms with E-state index in [-0.39, 0.29) is 27.6 Å². The molecule has 0 bridgehead atoms. The summed E-state index contributed by atoms with van der Waals surface area (Å²) < 4.78 is 30.8. The van der Waals surface area contributed by atoms with Gasteiger partial charge in [-0.2, -0.15) is 0 Å². The lowest BCUT2D eigenvalue weighted by molar-refractivity contribution is -0.140. The number of halogens is 2. The van der Waals surface area contributed by atoms with E-state index in [9.17, 15) is 23.1 Å². The molecule has 182 valence electrons. The van der Waals surface area contributed by atoms with Crippen molar-refractivity contribution in [1.82, 2.24) is 9.21 Å². The van der Waals surface area contributed by atoms with E-state index in [0.717, 1.165) is 4.31 Å². The highest BCUT2D eigenvalue weighted by atomic mass is 35.5. The minimum absolute atomic E-state index is 0.0232. The standard InChI is InChI=1S/C23H24Cl2N2O6S/c1-26(2)34(31,32)16-8-5-14(6-9-16)21(28)19-20(15-7-10-17(24)18(25)13-15)27(11-4-12-33-3)23(30)22(19)29/h5-10,13,20,28H,4,11-12H2,1-3H3/b21-19+/t20-/m0/s1. The highest BCUT2D eigenvalue weighted by molar-refractivity contribution is 7.89. The summed E-state index contributed by atoms with van der Waals surface area (Å²) in [5, 5.41) is 11.6. The van der Waals surface area contributed by atoms with Gasteiger partial charge in [-0.15, -0.1) is 0 Å². The first-order valence-electron chi connectivity index (χ1n) is 10.3. The molecule has 2 aromatic rings. The maximum Gasteiger partial charge on any atom is 0.295 e. The molecule has 0 spiro atoms. The SMILES string of the molecule is COCCCN1C(=O)C(=O)/C(=C(/O)c2ccc(S(=O)(=O)N(C)C)cc2)[C@@H]1c1ccc(Cl)c(Cl)c1. The van der Waals surface area contributed by atoms with E-state index in [0.29, 0.717) is 23.6 Å². The zero-order valence-corrected chi connectivity index (χ0v) is 21.1. The zero-order chi connectivity index (χ0) is 25.2. The van der Waals surface area contributed by atoms with Gasteiger partial charge in [0, 0.05) is 39.9 Å². The Balaban J connectivity index is 2.12. The lowest BCUT2D eigenvalue weighted by atomic mass is 9.95. The first-order chi connectivity index (χ1) is 16.0. The van der Waals surface area contributed by atoms with E-state index in [1.165, 1.54) is 50.4 Å². The number of carbonyl (C=O) groups excluding carboxylic acids is 2. The molecular formula is C23H24Cl2N2O6S. The van der Waals surface area contributed by atoms with Gasteiger partial charge in [0.05, 0.1) is 26.6 Å². The van der Waals surface area contributed by atoms with Crippen molar-refractivity contribution in [3.63, 3.8) is 0 Å². The first-order valence-corrected chi connectivity index (χ1v) is 12.5. The first kappa shape index (κ1) is 26.2. The van der Waals surface area contributed by atoms with E-state index >= 15 is 0 Å². The predicted octanol–water partition coefficient (Wildman–Crippen LogP) is 3.70. The van der Waals surface area contributed by atoms with E-state index in [1.807, 2.05) is 0 Å². The molecule has 1 atom stereocenters. The van der Waals surface area contributed by atoms with Crippen molar-refractivity contribution in [2.45, 2.75) is 17.4 Å². The molecule has 3 rings (SSSR count). The summed E-state index contributed by atoms with van der Waals surface area (Å²) in [5.74, 6) is -2.03. The number of hydrogen-bond donors (Lipinski definition) is 1. The number of amides is 1. The van der Waals surface area contributed by atoms with Gasteiger partial charge < -0.3 is 14.7 Å². The van der Waals surface area contributed by atoms with Gasteiger partial charge >= 0.3 is 0 Å². The third-order valence-electron chi connectivity index (χ3n) is 5.45. The Morgan fingerprint density at radius 3 is 2.29 bits per heavy atom. The Hall–Kier alpha value is -2.43. The van der Waals surface area contributed by atoms with Crippen LogP contribution in [0.3, 0.4) is 0 Å². The highest BCUT2D eigenvalue weighted by Gasteiger charge is 2.46. The number of carbonyl (C=O) groups is 2. The molecule has 0 aromatic heterocycles. The fourth-order valence-electron chi connectivity index (χ4n) is 3.67. The average molecular weight is 527 g/mol. The van der Waals surface area contributed by atoms with E-state index in [1.54, 1.807) is 18.2 Å². The lowest BCUT2D eigenvalue weighted by Crippen LogP contribution is -2.31. The smallest absolute Gasteiger partial charge is 0.295 e. The summed E-state index contributed by atoms with van der Waals surface area (Å²) in [4.78, 5) is 27.3. The summed E-state index contributed by atoms with van der Waals surface area (Å²) in [6.45, 7) is 0.582. The number of hydrogen-bond acceptors (Lipinski definition) is 6. The number of nitrogens with zero attached hydrogens (tertiary/aromatic N) is 2. The molecule has 1 heterocycles. The van der Waals surface area contributed by atoms with Crippen molar-refractivity contribution in [2.24, 2.45) is 0 Å². The molecule has 34 heavy (non-hydrogen) atoms. The van der Waals surface area contributed by atoms with Gasteiger partial charge in [0.2, 0.25) is 10.0 Å². The minimum atomic E-state index is -3.67. The number of ketones is 1. The molecular weight excluding hydrogens is 503 g/mol. The quantitative estimate of drug-likeness (QED) is 0.243. The Labute approximate surface area is 208 Å². The zero-order valence-electron chi connectivity index (χ0n) is 18.8. The molecule has 1 saturated heterocycles. The molecule has 1 aliphatic rings. The fraction of sp³-hybridized carbons (Fsp3) is 0.304. The Kier molecular flexibility index (Phi) is 8.05. The minimum Gasteiger partial charge on any atom is -0.507 e. The molecule has 0 radical (unpaired) electrons. The normalized spacial score (nSPS) is 18.2. The number of Topliss-reactive ketones (excluding diaryl/α,β-unsaturated/α-hetero) is 1. The molecule has 1 fully saturated rings. The maximum absolute atomic E-state index is 13.0. The lowest BCUT2D eigenvalue weighted by Gasteiger charge is -2.25. The number of ether oxygens (including phenoxy) is 1. The molecule has 0 saturated carbocycles. The summed E-state index contributed by atoms with van der Waals surface area (Å²) in [6.07, 6.45) is 0.471. The molecule has 1 aliphatic heterocycles. The van der Waals surface area contributed by atoms with Crippen molar-refractivity contribution < 1.29 is 27.9 Å². The van der Waals surface area contributed by atoms with Crippen LogP contribution in [0.2, 0.25) is 10.0 Å². The van der Waals surface area contributed by atoms with Gasteiger partial charge in [0.25, 0.3) is 11.7 Å². The average Bonchev–Trinajstić information content (AvgIpc) is 3.05. The van der Waals surface area contributed by atoms with Gasteiger partial charge in [0.1, 0.15) is 5.76 Å². The van der Waals surface area contributed by atoms with Gasteiger partial charge in [-0.3, -0.25) is 9.59 Å². The number of aliphatic hydroxyl groups excluding tert-OH is 1. The van der Waals surface area contributed by atoms with Crippen molar-refractivity contribution in [2.75, 3.05) is 34.4 Å². The highest BCUT2D eigenvalue weighted by Crippen LogP contribution is 2.41. The van der Waals surface area contributed by atoms with Crippen molar-refractivity contribution in [1.29, 1.82) is 0 Å². The molecule has 8 nitrogen and oxygen atoms in total. The second kappa shape index (κ2) is 10.5. The van der Waals surface area contributed by atoms with Gasteiger partial charge in [-0.05, 0) is 48.4 Å². The second-order valence-electron chi connectivity index (χ2n) is 7.82. The fourth-order valence-corrected chi connectivity index (χ4v) is 4.88. The third-order valence-corrected chi connectivity index (χ3v) is 8.02. The number of methoxy groups -OCH3 is 1. The summed E-state index contributed by atoms with van der Waals surface area (Å²) in [7, 11) is 0.674. The Morgan fingerprint density at radius 1 is 1.09 bits per heavy atom. The van der Waals surface area contributed by atoms with Crippen molar-refractivity contribution >= 4 is 50.7 Å². The van der Waals surface area contributed by atoms with Crippen LogP contribution >= 0.6 is 23.2 Å². The van der Waals surface area contributed by atoms with E-state index in [4.69, 9.17) is 27.9 Å². The van der Waals surface area contributed by atoms with Gasteiger partial charge in [0.15, 0.2) is 0 Å². The van der Waals surface area contributed by atoms with Crippen molar-refractivity contribution in [3.05, 3.63) is 69.2 Å². The van der Waals surface area contributed by atoms with Crippen LogP contribution in [-0.2, 0) is 24.3 Å². The third kappa shape index (κ3) is 4.99. The Bertz CT molecular complexity index is 1240. The second-order valence-corrected chi connectivity index (χ2v) is 10.8. The molecule has 0 unspecified atom stereocenters. The van der Waals surface area contributed by atoms with Crippen molar-refractivity contribution in [3.8, 4) is 0 Å². The maximum atomic E-state index is 13.0. The number of aliphatic hydroxyl groups is 1. The molecule has 2 aromatic carbocycles. The van der Waals surface area contributed by atoms with Crippen LogP contribution in [0.15, 0.2) is 52.9 Å². The topological polar surface area (TPSA) is 104 Å². The van der Waals surface area contributed by atoms with Crippen LogP contribution in [0.5, 0.6) is 0 Å². The van der Waals surface area contributed by atoms with Crippen LogP contribution in [0.25, 0.3) is 5.76 Å². The monoisotopic (exact) mass is 526 g/mol. The summed E-state index contributed by atoms with van der Waals surface area (Å²) in [5.41, 5.74) is 0.570. The summed E-state index contributed by atoms with van der Waals surface area (Å²) >= 11 is 12.2. The molecule has 1 N–H and O–H groups in total. The number of benzene rings is 2. The molecule has 0 aliphatic carbocycles. The van der Waals surface area contributed by atoms with Gasteiger partial charge in [-0.25, -0.2) is 12.7 Å². The van der Waals surface area contributed by atoms with Crippen LogP contribution in [-0.4, -0.2) is 68.8 Å². The molecule has 1 amide bonds. The van der Waals surface area contributed by atoms with Crippen LogP contribution in [0, 0.1) is 0 Å². The van der Waals surface area contributed by atoms with Crippen LogP contribution in [0.4, 0.5) is 0 Å². The van der Waals surface area contributed by atoms with Crippen LogP contribution < -0.4 is 0 Å². The van der Waals surface area contributed by atoms with Gasteiger partial charge in [-0.1, -0.05) is 29.3 Å². The van der Waals surface area contributed by atoms with Crippen LogP contribution in [0.1, 0.15) is 23.6 Å². The number of rotatable bonds is 8. The largest absolute Gasteiger partial charge is 0.507 e. The van der Waals surface area contributed by atoms with E-state index in [2.05, 4.69) is 0 Å². The summed E-state index contributed by atoms with van der Waals surface area (Å²) in [6, 6.07) is 9.25. The number of likely N-dealkylation sites (tertiary alicyclic amines) is 1. The molecule has 11 heteroatoms.